The molecule has 3 aromatic rings. The van der Waals surface area contributed by atoms with Crippen LogP contribution in [0.1, 0.15) is 11.4 Å². The van der Waals surface area contributed by atoms with Gasteiger partial charge in [0.15, 0.2) is 0 Å². The van der Waals surface area contributed by atoms with Gasteiger partial charge >= 0.3 is 0 Å². The van der Waals surface area contributed by atoms with E-state index in [0.717, 1.165) is 35.4 Å². The number of nitrogens with one attached hydrogen (secondary N) is 2. The fourth-order valence-corrected chi connectivity index (χ4v) is 2.95. The molecule has 0 radical (unpaired) electrons. The first-order valence-electron chi connectivity index (χ1n) is 6.90. The Morgan fingerprint density at radius 3 is 2.59 bits per heavy atom. The van der Waals surface area contributed by atoms with E-state index < -0.39 is 0 Å². The standard InChI is InChI=1S/C16H14Cl3N3/c17-11-2-1-10(13(19)7-11)5-6-20-9-16-21-14-4-3-12(18)8-15(14)22-16/h1-4,7-8,20H,5-6,9H2,(H,21,22). The van der Waals surface area contributed by atoms with Gasteiger partial charge in [-0.15, -0.1) is 0 Å². The Bertz CT molecular complexity index is 798. The van der Waals surface area contributed by atoms with Crippen molar-refractivity contribution in [2.24, 2.45) is 0 Å². The van der Waals surface area contributed by atoms with Crippen LogP contribution in [0.3, 0.4) is 0 Å². The van der Waals surface area contributed by atoms with Crippen molar-refractivity contribution in [3.63, 3.8) is 0 Å². The fraction of sp³-hybridized carbons (Fsp3) is 0.188. The number of nitrogens with zero attached hydrogens (tertiary/aromatic N) is 1. The van der Waals surface area contributed by atoms with Gasteiger partial charge in [-0.2, -0.15) is 0 Å². The van der Waals surface area contributed by atoms with Crippen LogP contribution in [0.2, 0.25) is 15.1 Å². The first-order valence-corrected chi connectivity index (χ1v) is 8.04. The van der Waals surface area contributed by atoms with Crippen molar-refractivity contribution < 1.29 is 0 Å². The van der Waals surface area contributed by atoms with Gasteiger partial charge in [0.2, 0.25) is 0 Å². The molecule has 0 amide bonds. The minimum Gasteiger partial charge on any atom is -0.341 e. The summed E-state index contributed by atoms with van der Waals surface area (Å²) in [7, 11) is 0. The van der Waals surface area contributed by atoms with E-state index >= 15 is 0 Å². The number of imidazole rings is 1. The molecule has 2 N–H and O–H groups in total. The van der Waals surface area contributed by atoms with Gasteiger partial charge in [-0.3, -0.25) is 0 Å². The van der Waals surface area contributed by atoms with Gasteiger partial charge in [0.05, 0.1) is 17.6 Å². The van der Waals surface area contributed by atoms with Crippen molar-refractivity contribution in [3.05, 3.63) is 62.9 Å². The Kier molecular flexibility index (Phi) is 4.89. The van der Waals surface area contributed by atoms with Crippen LogP contribution in [0.5, 0.6) is 0 Å². The number of aromatic amines is 1. The summed E-state index contributed by atoms with van der Waals surface area (Å²) in [6, 6.07) is 11.2. The summed E-state index contributed by atoms with van der Waals surface area (Å²) in [6.45, 7) is 1.47. The minimum absolute atomic E-state index is 0.655. The molecule has 0 saturated carbocycles. The van der Waals surface area contributed by atoms with E-state index in [-0.39, 0.29) is 0 Å². The number of hydrogen-bond donors (Lipinski definition) is 2. The fourth-order valence-electron chi connectivity index (χ4n) is 2.27. The molecule has 114 valence electrons. The van der Waals surface area contributed by atoms with Crippen LogP contribution >= 0.6 is 34.8 Å². The summed E-state index contributed by atoms with van der Waals surface area (Å²) in [5.74, 6) is 0.888. The second-order valence-corrected chi connectivity index (χ2v) is 6.29. The molecule has 0 fully saturated rings. The number of fused-ring (bicyclic) bond motifs is 1. The quantitative estimate of drug-likeness (QED) is 0.643. The van der Waals surface area contributed by atoms with E-state index in [1.165, 1.54) is 0 Å². The SMILES string of the molecule is Clc1ccc(CCNCc2nc3ccc(Cl)cc3[nH]2)c(Cl)c1. The highest BCUT2D eigenvalue weighted by atomic mass is 35.5. The van der Waals surface area contributed by atoms with Crippen molar-refractivity contribution >= 4 is 45.8 Å². The monoisotopic (exact) mass is 353 g/mol. The third-order valence-electron chi connectivity index (χ3n) is 3.37. The van der Waals surface area contributed by atoms with E-state index in [2.05, 4.69) is 15.3 Å². The van der Waals surface area contributed by atoms with Gasteiger partial charge < -0.3 is 10.3 Å². The smallest absolute Gasteiger partial charge is 0.121 e. The van der Waals surface area contributed by atoms with E-state index in [0.29, 0.717) is 21.6 Å². The highest BCUT2D eigenvalue weighted by molar-refractivity contribution is 6.35. The van der Waals surface area contributed by atoms with Crippen LogP contribution in [0, 0.1) is 0 Å². The number of benzene rings is 2. The van der Waals surface area contributed by atoms with Crippen molar-refractivity contribution in [1.82, 2.24) is 15.3 Å². The molecular formula is C16H14Cl3N3. The predicted octanol–water partition coefficient (Wildman–Crippen LogP) is 4.86. The Morgan fingerprint density at radius 2 is 1.77 bits per heavy atom. The average molecular weight is 355 g/mol. The lowest BCUT2D eigenvalue weighted by atomic mass is 10.1. The van der Waals surface area contributed by atoms with E-state index in [1.807, 2.05) is 30.3 Å². The molecule has 6 heteroatoms. The van der Waals surface area contributed by atoms with Crippen molar-refractivity contribution in [2.75, 3.05) is 6.54 Å². The highest BCUT2D eigenvalue weighted by Gasteiger charge is 2.04. The number of H-pyrrole nitrogens is 1. The summed E-state index contributed by atoms with van der Waals surface area (Å²) in [5, 5.41) is 5.41. The van der Waals surface area contributed by atoms with Gasteiger partial charge in [-0.1, -0.05) is 40.9 Å². The topological polar surface area (TPSA) is 40.7 Å². The molecule has 3 rings (SSSR count). The van der Waals surface area contributed by atoms with Gasteiger partial charge in [0.25, 0.3) is 0 Å². The second-order valence-electron chi connectivity index (χ2n) is 5.01. The maximum absolute atomic E-state index is 6.15. The molecule has 1 aromatic heterocycles. The number of hydrogen-bond acceptors (Lipinski definition) is 2. The van der Waals surface area contributed by atoms with Crippen LogP contribution < -0.4 is 5.32 Å². The molecule has 0 aliphatic carbocycles. The Hall–Kier alpha value is -1.26. The molecule has 0 aliphatic rings. The molecule has 3 nitrogen and oxygen atoms in total. The van der Waals surface area contributed by atoms with Crippen LogP contribution in [-0.2, 0) is 13.0 Å². The van der Waals surface area contributed by atoms with Crippen LogP contribution in [0.25, 0.3) is 11.0 Å². The van der Waals surface area contributed by atoms with E-state index in [1.54, 1.807) is 6.07 Å². The molecule has 0 saturated heterocycles. The Labute approximate surface area is 143 Å². The summed E-state index contributed by atoms with van der Waals surface area (Å²) < 4.78 is 0. The number of aromatic nitrogens is 2. The van der Waals surface area contributed by atoms with Crippen LogP contribution in [0.15, 0.2) is 36.4 Å². The van der Waals surface area contributed by atoms with E-state index in [4.69, 9.17) is 34.8 Å². The normalized spacial score (nSPS) is 11.2. The molecule has 0 atom stereocenters. The maximum atomic E-state index is 6.15. The lowest BCUT2D eigenvalue weighted by molar-refractivity contribution is 0.666. The lowest BCUT2D eigenvalue weighted by Crippen LogP contribution is -2.17. The third-order valence-corrected chi connectivity index (χ3v) is 4.19. The Balaban J connectivity index is 1.55. The van der Waals surface area contributed by atoms with Crippen molar-refractivity contribution in [1.29, 1.82) is 0 Å². The van der Waals surface area contributed by atoms with E-state index in [9.17, 15) is 0 Å². The van der Waals surface area contributed by atoms with Crippen molar-refractivity contribution in [2.45, 2.75) is 13.0 Å². The molecule has 0 unspecified atom stereocenters. The summed E-state index contributed by atoms with van der Waals surface area (Å²) in [4.78, 5) is 7.76. The number of rotatable bonds is 5. The molecular weight excluding hydrogens is 341 g/mol. The minimum atomic E-state index is 0.655. The molecule has 0 bridgehead atoms. The number of halogens is 3. The summed E-state index contributed by atoms with van der Waals surface area (Å²) in [5.41, 5.74) is 2.95. The lowest BCUT2D eigenvalue weighted by Gasteiger charge is -2.05. The predicted molar refractivity (Wildman–Crippen MR) is 93.0 cm³/mol. The average Bonchev–Trinajstić information content (AvgIpc) is 2.87. The molecule has 1 heterocycles. The molecule has 0 aliphatic heterocycles. The van der Waals surface area contributed by atoms with Crippen LogP contribution in [-0.4, -0.2) is 16.5 Å². The third kappa shape index (κ3) is 3.73. The zero-order valence-corrected chi connectivity index (χ0v) is 13.9. The van der Waals surface area contributed by atoms with Gasteiger partial charge in [0, 0.05) is 15.1 Å². The molecule has 0 spiro atoms. The Morgan fingerprint density at radius 1 is 1.00 bits per heavy atom. The highest BCUT2D eigenvalue weighted by Crippen LogP contribution is 2.21. The van der Waals surface area contributed by atoms with Gasteiger partial charge in [0.1, 0.15) is 5.82 Å². The summed E-state index contributed by atoms with van der Waals surface area (Å²) >= 11 is 18.0. The first-order chi connectivity index (χ1) is 10.6. The first kappa shape index (κ1) is 15.6. The second kappa shape index (κ2) is 6.88. The largest absolute Gasteiger partial charge is 0.341 e. The molecule has 2 aromatic carbocycles. The molecule has 22 heavy (non-hydrogen) atoms. The van der Waals surface area contributed by atoms with Gasteiger partial charge in [-0.05, 0) is 48.9 Å². The maximum Gasteiger partial charge on any atom is 0.121 e. The zero-order valence-electron chi connectivity index (χ0n) is 11.7. The van der Waals surface area contributed by atoms with Gasteiger partial charge in [-0.25, -0.2) is 4.98 Å². The zero-order chi connectivity index (χ0) is 15.5. The summed E-state index contributed by atoms with van der Waals surface area (Å²) in [6.07, 6.45) is 0.835. The van der Waals surface area contributed by atoms with Crippen LogP contribution in [0.4, 0.5) is 0 Å². The van der Waals surface area contributed by atoms with Crippen molar-refractivity contribution in [3.8, 4) is 0 Å².